The molecule has 1 aromatic carbocycles. The van der Waals surface area contributed by atoms with E-state index in [1.807, 2.05) is 18.2 Å². The number of rotatable bonds is 16. The summed E-state index contributed by atoms with van der Waals surface area (Å²) in [5.41, 5.74) is 0.977. The summed E-state index contributed by atoms with van der Waals surface area (Å²) in [4.78, 5) is 9.95. The normalized spacial score (nSPS) is 13.5. The Morgan fingerprint density at radius 3 is 2.12 bits per heavy atom. The summed E-state index contributed by atoms with van der Waals surface area (Å²) in [5, 5.41) is 0. The Morgan fingerprint density at radius 1 is 0.846 bits per heavy atom. The fourth-order valence-electron chi connectivity index (χ4n) is 2.93. The molecule has 0 heterocycles. The second kappa shape index (κ2) is 14.3. The predicted molar refractivity (Wildman–Crippen MR) is 109 cm³/mol. The van der Waals surface area contributed by atoms with Crippen molar-refractivity contribution in [3.05, 3.63) is 29.8 Å². The van der Waals surface area contributed by atoms with Crippen molar-refractivity contribution in [2.75, 3.05) is 6.61 Å². The van der Waals surface area contributed by atoms with Gasteiger partial charge in [-0.3, -0.25) is 9.42 Å². The van der Waals surface area contributed by atoms with E-state index >= 15 is 0 Å². The first-order chi connectivity index (χ1) is 12.6. The van der Waals surface area contributed by atoms with E-state index in [4.69, 9.17) is 9.05 Å². The van der Waals surface area contributed by atoms with Crippen LogP contribution in [0.3, 0.4) is 0 Å². The van der Waals surface area contributed by atoms with Gasteiger partial charge in [0.15, 0.2) is 0 Å². The van der Waals surface area contributed by atoms with Gasteiger partial charge >= 0.3 is 7.82 Å². The van der Waals surface area contributed by atoms with Gasteiger partial charge in [-0.05, 0) is 30.9 Å². The minimum Gasteiger partial charge on any atom is -0.404 e. The zero-order valence-corrected chi connectivity index (χ0v) is 17.5. The van der Waals surface area contributed by atoms with E-state index in [1.165, 1.54) is 38.5 Å². The zero-order valence-electron chi connectivity index (χ0n) is 16.6. The third-order valence-corrected chi connectivity index (χ3v) is 5.42. The first-order valence-corrected chi connectivity index (χ1v) is 11.8. The van der Waals surface area contributed by atoms with Crippen molar-refractivity contribution in [3.63, 3.8) is 0 Å². The van der Waals surface area contributed by atoms with Gasteiger partial charge < -0.3 is 4.52 Å². The van der Waals surface area contributed by atoms with Crippen LogP contribution < -0.4 is 4.52 Å². The Hall–Kier alpha value is -0.830. The maximum atomic E-state index is 12.2. The molecule has 1 aromatic rings. The molecule has 0 spiro atoms. The Morgan fingerprint density at radius 2 is 1.42 bits per heavy atom. The molecule has 5 heteroatoms. The third-order valence-electron chi connectivity index (χ3n) is 4.49. The molecule has 0 saturated heterocycles. The van der Waals surface area contributed by atoms with Crippen molar-refractivity contribution in [2.24, 2.45) is 0 Å². The highest BCUT2D eigenvalue weighted by Crippen LogP contribution is 2.45. The fourth-order valence-corrected chi connectivity index (χ4v) is 3.77. The standard InChI is InChI=1S/C21H37O4P/c1-3-5-7-9-10-11-12-16-20-17-13-14-18-21(20)25-26(22,23)24-19-15-8-6-4-2/h13-14,17-18H,3-12,15-16,19H2,1-2H3,(H,22,23). The summed E-state index contributed by atoms with van der Waals surface area (Å²) in [6.45, 7) is 4.61. The molecule has 0 fully saturated rings. The SMILES string of the molecule is CCCCCCCCCc1ccccc1OP(=O)(O)OCCCCCC. The van der Waals surface area contributed by atoms with E-state index in [2.05, 4.69) is 13.8 Å². The number of benzene rings is 1. The second-order valence-electron chi connectivity index (χ2n) is 6.93. The smallest absolute Gasteiger partial charge is 0.404 e. The molecule has 0 aliphatic carbocycles. The number of phosphoric ester groups is 1. The topological polar surface area (TPSA) is 55.8 Å². The van der Waals surface area contributed by atoms with Gasteiger partial charge in [0.1, 0.15) is 5.75 Å². The summed E-state index contributed by atoms with van der Waals surface area (Å²) >= 11 is 0. The molecule has 0 aliphatic rings. The third kappa shape index (κ3) is 11.0. The molecule has 0 radical (unpaired) electrons. The molecule has 1 unspecified atom stereocenters. The first-order valence-electron chi connectivity index (χ1n) is 10.3. The molecular formula is C21H37O4P. The average molecular weight is 384 g/mol. The molecule has 1 N–H and O–H groups in total. The van der Waals surface area contributed by atoms with Crippen molar-refractivity contribution in [1.29, 1.82) is 0 Å². The molecule has 1 atom stereocenters. The van der Waals surface area contributed by atoms with Crippen molar-refractivity contribution in [1.82, 2.24) is 0 Å². The van der Waals surface area contributed by atoms with E-state index in [-0.39, 0.29) is 6.61 Å². The predicted octanol–water partition coefficient (Wildman–Crippen LogP) is 7.06. The van der Waals surface area contributed by atoms with Crippen molar-refractivity contribution < 1.29 is 18.5 Å². The van der Waals surface area contributed by atoms with Crippen LogP contribution in [0.1, 0.15) is 90.0 Å². The first kappa shape index (κ1) is 23.2. The molecular weight excluding hydrogens is 347 g/mol. The molecule has 1 rings (SSSR count). The van der Waals surface area contributed by atoms with E-state index in [1.54, 1.807) is 6.07 Å². The van der Waals surface area contributed by atoms with Crippen LogP contribution in [-0.2, 0) is 15.5 Å². The van der Waals surface area contributed by atoms with E-state index < -0.39 is 7.82 Å². The maximum absolute atomic E-state index is 12.2. The number of hydrogen-bond donors (Lipinski definition) is 1. The monoisotopic (exact) mass is 384 g/mol. The van der Waals surface area contributed by atoms with Crippen LogP contribution in [0.5, 0.6) is 5.75 Å². The van der Waals surface area contributed by atoms with Gasteiger partial charge in [-0.1, -0.05) is 89.8 Å². The Kier molecular flexibility index (Phi) is 12.7. The van der Waals surface area contributed by atoms with Gasteiger partial charge in [0.25, 0.3) is 0 Å². The average Bonchev–Trinajstić information content (AvgIpc) is 2.62. The van der Waals surface area contributed by atoms with Crippen molar-refractivity contribution >= 4 is 7.82 Å². The maximum Gasteiger partial charge on any atom is 0.527 e. The fraction of sp³-hybridized carbons (Fsp3) is 0.714. The molecule has 0 aliphatic heterocycles. The molecule has 0 saturated carbocycles. The lowest BCUT2D eigenvalue weighted by Gasteiger charge is -2.15. The highest BCUT2D eigenvalue weighted by Gasteiger charge is 2.23. The molecule has 0 amide bonds. The summed E-state index contributed by atoms with van der Waals surface area (Å²) in [6.07, 6.45) is 13.6. The lowest BCUT2D eigenvalue weighted by Crippen LogP contribution is -2.01. The van der Waals surface area contributed by atoms with Crippen LogP contribution in [0.25, 0.3) is 0 Å². The van der Waals surface area contributed by atoms with Crippen LogP contribution in [0, 0.1) is 0 Å². The van der Waals surface area contributed by atoms with Gasteiger partial charge in [0.2, 0.25) is 0 Å². The van der Waals surface area contributed by atoms with E-state index in [0.29, 0.717) is 5.75 Å². The lowest BCUT2D eigenvalue weighted by atomic mass is 10.0. The van der Waals surface area contributed by atoms with Gasteiger partial charge in [0.05, 0.1) is 6.61 Å². The van der Waals surface area contributed by atoms with Gasteiger partial charge in [0, 0.05) is 0 Å². The van der Waals surface area contributed by atoms with Crippen LogP contribution in [-0.4, -0.2) is 11.5 Å². The number of para-hydroxylation sites is 1. The Balaban J connectivity index is 2.38. The summed E-state index contributed by atoms with van der Waals surface area (Å²) in [6, 6.07) is 7.48. The summed E-state index contributed by atoms with van der Waals surface area (Å²) in [5.74, 6) is 0.470. The molecule has 0 aromatic heterocycles. The van der Waals surface area contributed by atoms with Crippen LogP contribution in [0.2, 0.25) is 0 Å². The summed E-state index contributed by atoms with van der Waals surface area (Å²) in [7, 11) is -4.05. The van der Waals surface area contributed by atoms with Crippen molar-refractivity contribution in [3.8, 4) is 5.75 Å². The Bertz CT molecular complexity index is 518. The number of aryl methyl sites for hydroxylation is 1. The van der Waals surface area contributed by atoms with Crippen LogP contribution in [0.15, 0.2) is 24.3 Å². The van der Waals surface area contributed by atoms with Crippen LogP contribution >= 0.6 is 7.82 Å². The largest absolute Gasteiger partial charge is 0.527 e. The van der Waals surface area contributed by atoms with E-state index in [0.717, 1.165) is 44.1 Å². The number of hydrogen-bond acceptors (Lipinski definition) is 3. The zero-order chi connectivity index (χ0) is 19.1. The van der Waals surface area contributed by atoms with E-state index in [9.17, 15) is 9.46 Å². The minimum atomic E-state index is -4.05. The minimum absolute atomic E-state index is 0.258. The highest BCUT2D eigenvalue weighted by atomic mass is 31.2. The summed E-state index contributed by atoms with van der Waals surface area (Å²) < 4.78 is 22.6. The highest BCUT2D eigenvalue weighted by molar-refractivity contribution is 7.47. The number of unbranched alkanes of at least 4 members (excludes halogenated alkanes) is 9. The molecule has 150 valence electrons. The molecule has 4 nitrogen and oxygen atoms in total. The second-order valence-corrected chi connectivity index (χ2v) is 8.31. The lowest BCUT2D eigenvalue weighted by molar-refractivity contribution is 0.199. The molecule has 0 bridgehead atoms. The van der Waals surface area contributed by atoms with Gasteiger partial charge in [-0.15, -0.1) is 0 Å². The van der Waals surface area contributed by atoms with Gasteiger partial charge in [-0.2, -0.15) is 0 Å². The Labute approximate surface area is 159 Å². The number of phosphoric acid groups is 1. The quantitative estimate of drug-likeness (QED) is 0.245. The van der Waals surface area contributed by atoms with Gasteiger partial charge in [-0.25, -0.2) is 4.57 Å². The van der Waals surface area contributed by atoms with Crippen molar-refractivity contribution in [2.45, 2.75) is 90.9 Å². The molecule has 26 heavy (non-hydrogen) atoms. The van der Waals surface area contributed by atoms with Crippen LogP contribution in [0.4, 0.5) is 0 Å².